The Morgan fingerprint density at radius 2 is 1.77 bits per heavy atom. The van der Waals surface area contributed by atoms with Gasteiger partial charge in [0.25, 0.3) is 5.91 Å². The molecule has 0 aliphatic carbocycles. The summed E-state index contributed by atoms with van der Waals surface area (Å²) >= 11 is 7.31. The molecule has 5 nitrogen and oxygen atoms in total. The molecule has 0 atom stereocenters. The number of nitrogens with one attached hydrogen (secondary N) is 1. The van der Waals surface area contributed by atoms with Gasteiger partial charge in [-0.1, -0.05) is 22.9 Å². The van der Waals surface area contributed by atoms with Crippen molar-refractivity contribution in [2.45, 2.75) is 19.0 Å². The molecule has 1 N–H and O–H groups in total. The van der Waals surface area contributed by atoms with Gasteiger partial charge in [-0.15, -0.1) is 0 Å². The number of benzene rings is 2. The first-order valence-corrected chi connectivity index (χ1v) is 10.7. The zero-order chi connectivity index (χ0) is 22.2. The fraction of sp³-hybridized carbons (Fsp3) is 0.286. The lowest BCUT2D eigenvalue weighted by molar-refractivity contribution is -0.137. The number of thiazole rings is 1. The van der Waals surface area contributed by atoms with E-state index in [0.29, 0.717) is 36.1 Å². The van der Waals surface area contributed by atoms with Crippen LogP contribution >= 0.6 is 22.9 Å². The van der Waals surface area contributed by atoms with E-state index in [1.54, 1.807) is 23.1 Å². The lowest BCUT2D eigenvalue weighted by atomic mass is 9.95. The van der Waals surface area contributed by atoms with E-state index >= 15 is 0 Å². The molecule has 1 aliphatic heterocycles. The Morgan fingerprint density at radius 3 is 2.42 bits per heavy atom. The predicted octanol–water partition coefficient (Wildman–Crippen LogP) is 5.46. The average Bonchev–Trinajstić information content (AvgIpc) is 3.14. The largest absolute Gasteiger partial charge is 0.416 e. The van der Waals surface area contributed by atoms with Gasteiger partial charge >= 0.3 is 6.18 Å². The smallest absolute Gasteiger partial charge is 0.339 e. The molecule has 0 spiro atoms. The number of rotatable bonds is 3. The Labute approximate surface area is 184 Å². The molecule has 2 heterocycles. The van der Waals surface area contributed by atoms with Gasteiger partial charge < -0.3 is 10.2 Å². The fourth-order valence-electron chi connectivity index (χ4n) is 3.49. The third kappa shape index (κ3) is 4.83. The summed E-state index contributed by atoms with van der Waals surface area (Å²) in [5.41, 5.74) is 0.155. The second-order valence-corrected chi connectivity index (χ2v) is 8.73. The molecule has 10 heteroatoms. The van der Waals surface area contributed by atoms with Gasteiger partial charge in [-0.3, -0.25) is 9.59 Å². The van der Waals surface area contributed by atoms with Crippen LogP contribution in [0.1, 0.15) is 28.8 Å². The first kappa shape index (κ1) is 21.6. The average molecular weight is 468 g/mol. The topological polar surface area (TPSA) is 62.3 Å². The maximum atomic E-state index is 12.7. The Morgan fingerprint density at radius 1 is 1.10 bits per heavy atom. The van der Waals surface area contributed by atoms with Crippen LogP contribution in [0.5, 0.6) is 0 Å². The number of anilines is 1. The monoisotopic (exact) mass is 467 g/mol. The second-order valence-electron chi connectivity index (χ2n) is 7.26. The predicted molar refractivity (Wildman–Crippen MR) is 113 cm³/mol. The van der Waals surface area contributed by atoms with Crippen LogP contribution in [0.3, 0.4) is 0 Å². The number of piperidine rings is 1. The molecule has 1 aromatic heterocycles. The van der Waals surface area contributed by atoms with E-state index in [1.807, 2.05) is 0 Å². The van der Waals surface area contributed by atoms with Crippen LogP contribution in [-0.4, -0.2) is 34.8 Å². The number of amides is 2. The van der Waals surface area contributed by atoms with Gasteiger partial charge in [-0.25, -0.2) is 4.98 Å². The number of hydrogen-bond donors (Lipinski definition) is 1. The van der Waals surface area contributed by atoms with Crippen molar-refractivity contribution < 1.29 is 22.8 Å². The maximum absolute atomic E-state index is 12.7. The first-order chi connectivity index (χ1) is 14.7. The van der Waals surface area contributed by atoms with Gasteiger partial charge in [0.1, 0.15) is 0 Å². The zero-order valence-electron chi connectivity index (χ0n) is 16.1. The van der Waals surface area contributed by atoms with Crippen molar-refractivity contribution in [3.8, 4) is 0 Å². The number of hydrogen-bond acceptors (Lipinski definition) is 4. The lowest BCUT2D eigenvalue weighted by Crippen LogP contribution is -2.41. The van der Waals surface area contributed by atoms with Crippen LogP contribution in [0.25, 0.3) is 10.2 Å². The van der Waals surface area contributed by atoms with Crippen LogP contribution in [0.4, 0.5) is 18.3 Å². The molecule has 2 amide bonds. The van der Waals surface area contributed by atoms with Crippen molar-refractivity contribution in [3.63, 3.8) is 0 Å². The van der Waals surface area contributed by atoms with Gasteiger partial charge in [0.05, 0.1) is 15.8 Å². The molecule has 0 radical (unpaired) electrons. The highest BCUT2D eigenvalue weighted by Gasteiger charge is 2.31. The van der Waals surface area contributed by atoms with E-state index in [9.17, 15) is 22.8 Å². The van der Waals surface area contributed by atoms with Crippen LogP contribution in [0.2, 0.25) is 5.02 Å². The maximum Gasteiger partial charge on any atom is 0.416 e. The Balaban J connectivity index is 1.34. The summed E-state index contributed by atoms with van der Waals surface area (Å²) in [5, 5.41) is 3.92. The number of carbonyl (C=O) groups is 2. The molecule has 162 valence electrons. The molecule has 3 aromatic rings. The summed E-state index contributed by atoms with van der Waals surface area (Å²) in [6.07, 6.45) is -3.51. The number of likely N-dealkylation sites (tertiary alicyclic amines) is 1. The number of nitrogens with zero attached hydrogens (tertiary/aromatic N) is 2. The highest BCUT2D eigenvalue weighted by Crippen LogP contribution is 2.31. The van der Waals surface area contributed by atoms with Gasteiger partial charge in [0.2, 0.25) is 5.91 Å². The summed E-state index contributed by atoms with van der Waals surface area (Å²) in [7, 11) is 0. The SMILES string of the molecule is O=C(Nc1nc2ccc(Cl)cc2s1)C1CCN(C(=O)c2ccc(C(F)(F)F)cc2)CC1. The Bertz CT molecular complexity index is 1120. The summed E-state index contributed by atoms with van der Waals surface area (Å²) in [6.45, 7) is 0.709. The van der Waals surface area contributed by atoms with Gasteiger partial charge in [0.15, 0.2) is 5.13 Å². The standard InChI is InChI=1S/C21H17ClF3N3O2S/c22-15-5-6-16-17(11-15)31-20(26-16)27-18(29)12-7-9-28(10-8-12)19(30)13-1-3-14(4-2-13)21(23,24)25/h1-6,11-12H,7-10H2,(H,26,27,29). The highest BCUT2D eigenvalue weighted by atomic mass is 35.5. The van der Waals surface area contributed by atoms with E-state index in [4.69, 9.17) is 11.6 Å². The molecule has 0 bridgehead atoms. The molecule has 31 heavy (non-hydrogen) atoms. The minimum atomic E-state index is -4.44. The van der Waals surface area contributed by atoms with Crippen molar-refractivity contribution in [2.24, 2.45) is 5.92 Å². The molecule has 2 aromatic carbocycles. The zero-order valence-corrected chi connectivity index (χ0v) is 17.7. The van der Waals surface area contributed by atoms with Crippen molar-refractivity contribution in [1.29, 1.82) is 0 Å². The number of aromatic nitrogens is 1. The third-order valence-corrected chi connectivity index (χ3v) is 6.36. The number of fused-ring (bicyclic) bond motifs is 1. The van der Waals surface area contributed by atoms with Crippen molar-refractivity contribution >= 4 is 50.1 Å². The van der Waals surface area contributed by atoms with Crippen LogP contribution in [-0.2, 0) is 11.0 Å². The van der Waals surface area contributed by atoms with E-state index in [-0.39, 0.29) is 23.3 Å². The Kier molecular flexibility index (Phi) is 5.90. The van der Waals surface area contributed by atoms with Gasteiger partial charge in [-0.2, -0.15) is 13.2 Å². The number of halogens is 4. The lowest BCUT2D eigenvalue weighted by Gasteiger charge is -2.31. The van der Waals surface area contributed by atoms with E-state index in [1.165, 1.54) is 23.5 Å². The quantitative estimate of drug-likeness (QED) is 0.556. The fourth-order valence-corrected chi connectivity index (χ4v) is 4.63. The molecule has 0 saturated carbocycles. The normalized spacial score (nSPS) is 15.3. The molecular formula is C21H17ClF3N3O2S. The van der Waals surface area contributed by atoms with Crippen molar-refractivity contribution in [1.82, 2.24) is 9.88 Å². The second kappa shape index (κ2) is 8.47. The summed E-state index contributed by atoms with van der Waals surface area (Å²) in [6, 6.07) is 9.48. The van der Waals surface area contributed by atoms with E-state index < -0.39 is 11.7 Å². The van der Waals surface area contributed by atoms with Gasteiger partial charge in [0, 0.05) is 29.6 Å². The van der Waals surface area contributed by atoms with Crippen molar-refractivity contribution in [2.75, 3.05) is 18.4 Å². The first-order valence-electron chi connectivity index (χ1n) is 9.54. The number of alkyl halides is 3. The van der Waals surface area contributed by atoms with Crippen molar-refractivity contribution in [3.05, 3.63) is 58.6 Å². The molecule has 4 rings (SSSR count). The Hall–Kier alpha value is -2.65. The summed E-state index contributed by atoms with van der Waals surface area (Å²) < 4.78 is 38.9. The van der Waals surface area contributed by atoms with Crippen LogP contribution in [0.15, 0.2) is 42.5 Å². The summed E-state index contributed by atoms with van der Waals surface area (Å²) in [4.78, 5) is 31.1. The minimum Gasteiger partial charge on any atom is -0.339 e. The summed E-state index contributed by atoms with van der Waals surface area (Å²) in [5.74, 6) is -0.769. The molecule has 1 aliphatic rings. The minimum absolute atomic E-state index is 0.160. The van der Waals surface area contributed by atoms with Crippen LogP contribution < -0.4 is 5.32 Å². The molecule has 0 unspecified atom stereocenters. The molecular weight excluding hydrogens is 451 g/mol. The van der Waals surface area contributed by atoms with E-state index in [0.717, 1.165) is 22.3 Å². The van der Waals surface area contributed by atoms with E-state index in [2.05, 4.69) is 10.3 Å². The third-order valence-electron chi connectivity index (χ3n) is 5.19. The highest BCUT2D eigenvalue weighted by molar-refractivity contribution is 7.22. The number of carbonyl (C=O) groups excluding carboxylic acids is 2. The van der Waals surface area contributed by atoms with Gasteiger partial charge in [-0.05, 0) is 55.3 Å². The molecule has 1 saturated heterocycles. The van der Waals surface area contributed by atoms with Crippen LogP contribution in [0, 0.1) is 5.92 Å². The molecule has 1 fully saturated rings.